The molecule has 5 heteroatoms. The first-order chi connectivity index (χ1) is 6.02. The molecular formula is C8H7ClFNO2. The Morgan fingerprint density at radius 1 is 1.62 bits per heavy atom. The van der Waals surface area contributed by atoms with Crippen molar-refractivity contribution in [2.45, 2.75) is 12.3 Å². The van der Waals surface area contributed by atoms with Crippen molar-refractivity contribution in [3.8, 4) is 0 Å². The number of benzene rings is 1. The predicted molar refractivity (Wildman–Crippen MR) is 47.3 cm³/mol. The summed E-state index contributed by atoms with van der Waals surface area (Å²) in [7, 11) is 0. The van der Waals surface area contributed by atoms with E-state index in [-0.39, 0.29) is 5.38 Å². The van der Waals surface area contributed by atoms with Crippen molar-refractivity contribution in [3.05, 3.63) is 39.7 Å². The number of hydrogen-bond acceptors (Lipinski definition) is 2. The van der Waals surface area contributed by atoms with Crippen molar-refractivity contribution in [3.63, 3.8) is 0 Å². The summed E-state index contributed by atoms with van der Waals surface area (Å²) in [5.74, 6) is -0.842. The minimum absolute atomic E-state index is 0.362. The molecule has 0 saturated carbocycles. The molecule has 1 aromatic rings. The number of halogens is 2. The van der Waals surface area contributed by atoms with Crippen LogP contribution in [0.3, 0.4) is 0 Å². The minimum Gasteiger partial charge on any atom is -0.258 e. The smallest absolute Gasteiger partial charge is 0.258 e. The fourth-order valence-corrected chi connectivity index (χ4v) is 1.05. The van der Waals surface area contributed by atoms with E-state index < -0.39 is 16.4 Å². The molecule has 1 atom stereocenters. The van der Waals surface area contributed by atoms with Gasteiger partial charge < -0.3 is 0 Å². The number of hydrogen-bond donors (Lipinski definition) is 0. The maximum absolute atomic E-state index is 12.8. The van der Waals surface area contributed by atoms with E-state index in [9.17, 15) is 14.5 Å². The van der Waals surface area contributed by atoms with E-state index in [1.807, 2.05) is 0 Å². The van der Waals surface area contributed by atoms with Crippen LogP contribution in [0.4, 0.5) is 10.1 Å². The van der Waals surface area contributed by atoms with Crippen molar-refractivity contribution in [1.29, 1.82) is 0 Å². The highest BCUT2D eigenvalue weighted by Gasteiger charge is 2.15. The van der Waals surface area contributed by atoms with Gasteiger partial charge in [-0.1, -0.05) is 6.07 Å². The molecule has 1 unspecified atom stereocenters. The first-order valence-corrected chi connectivity index (χ1v) is 4.04. The molecule has 1 rings (SSSR count). The molecule has 0 aliphatic carbocycles. The number of nitro benzene ring substituents is 1. The van der Waals surface area contributed by atoms with Gasteiger partial charge in [0.15, 0.2) is 0 Å². The zero-order valence-electron chi connectivity index (χ0n) is 6.83. The van der Waals surface area contributed by atoms with Gasteiger partial charge >= 0.3 is 5.69 Å². The summed E-state index contributed by atoms with van der Waals surface area (Å²) in [6.45, 7) is 1.67. The second kappa shape index (κ2) is 3.70. The first-order valence-electron chi connectivity index (χ1n) is 3.60. The van der Waals surface area contributed by atoms with Crippen LogP contribution in [0, 0.1) is 15.9 Å². The Bertz CT molecular complexity index is 341. The van der Waals surface area contributed by atoms with Crippen LogP contribution >= 0.6 is 11.6 Å². The summed E-state index contributed by atoms with van der Waals surface area (Å²) < 4.78 is 12.8. The Morgan fingerprint density at radius 3 is 2.69 bits per heavy atom. The quantitative estimate of drug-likeness (QED) is 0.421. The van der Waals surface area contributed by atoms with E-state index in [0.29, 0.717) is 5.56 Å². The average molecular weight is 204 g/mol. The molecular weight excluding hydrogens is 197 g/mol. The van der Waals surface area contributed by atoms with Crippen molar-refractivity contribution in [1.82, 2.24) is 0 Å². The van der Waals surface area contributed by atoms with Gasteiger partial charge in [0.2, 0.25) is 5.82 Å². The molecule has 0 spiro atoms. The molecule has 0 N–H and O–H groups in total. The molecule has 0 saturated heterocycles. The van der Waals surface area contributed by atoms with Crippen LogP contribution in [-0.4, -0.2) is 4.92 Å². The molecule has 3 nitrogen and oxygen atoms in total. The van der Waals surface area contributed by atoms with Gasteiger partial charge in [0, 0.05) is 6.07 Å². The van der Waals surface area contributed by atoms with Crippen LogP contribution in [0.25, 0.3) is 0 Å². The van der Waals surface area contributed by atoms with Crippen LogP contribution in [0.1, 0.15) is 17.9 Å². The highest BCUT2D eigenvalue weighted by atomic mass is 35.5. The van der Waals surface area contributed by atoms with Gasteiger partial charge in [-0.3, -0.25) is 10.1 Å². The van der Waals surface area contributed by atoms with E-state index in [0.717, 1.165) is 12.1 Å². The van der Waals surface area contributed by atoms with Crippen LogP contribution in [0.5, 0.6) is 0 Å². The predicted octanol–water partition coefficient (Wildman–Crippen LogP) is 3.03. The first kappa shape index (κ1) is 9.92. The van der Waals surface area contributed by atoms with Crippen molar-refractivity contribution >= 4 is 17.3 Å². The van der Waals surface area contributed by atoms with Gasteiger partial charge in [-0.05, 0) is 18.6 Å². The Labute approximate surface area is 79.3 Å². The molecule has 0 fully saturated rings. The largest absolute Gasteiger partial charge is 0.305 e. The Morgan fingerprint density at radius 2 is 2.23 bits per heavy atom. The Kier molecular flexibility index (Phi) is 2.83. The third kappa shape index (κ3) is 2.15. The van der Waals surface area contributed by atoms with Crippen LogP contribution in [0.2, 0.25) is 0 Å². The average Bonchev–Trinajstić information content (AvgIpc) is 2.04. The van der Waals surface area contributed by atoms with E-state index >= 15 is 0 Å². The molecule has 0 aromatic heterocycles. The highest BCUT2D eigenvalue weighted by Crippen LogP contribution is 2.25. The van der Waals surface area contributed by atoms with Gasteiger partial charge in [-0.25, -0.2) is 0 Å². The lowest BCUT2D eigenvalue weighted by Gasteiger charge is -2.02. The third-order valence-electron chi connectivity index (χ3n) is 1.63. The minimum atomic E-state index is -0.842. The Hall–Kier alpha value is -1.16. The summed E-state index contributed by atoms with van der Waals surface area (Å²) >= 11 is 5.69. The van der Waals surface area contributed by atoms with Crippen LogP contribution in [0.15, 0.2) is 18.2 Å². The summed E-state index contributed by atoms with van der Waals surface area (Å²) in [4.78, 5) is 9.55. The van der Waals surface area contributed by atoms with Gasteiger partial charge in [0.05, 0.1) is 10.3 Å². The maximum Gasteiger partial charge on any atom is 0.305 e. The van der Waals surface area contributed by atoms with Crippen LogP contribution < -0.4 is 0 Å². The Balaban J connectivity index is 3.19. The fraction of sp³-hybridized carbons (Fsp3) is 0.250. The monoisotopic (exact) mass is 203 g/mol. The summed E-state index contributed by atoms with van der Waals surface area (Å²) in [5, 5.41) is 9.96. The normalized spacial score (nSPS) is 12.5. The highest BCUT2D eigenvalue weighted by molar-refractivity contribution is 6.20. The van der Waals surface area contributed by atoms with E-state index in [2.05, 4.69) is 0 Å². The lowest BCUT2D eigenvalue weighted by atomic mass is 10.1. The van der Waals surface area contributed by atoms with Gasteiger partial charge in [0.1, 0.15) is 0 Å². The molecule has 70 valence electrons. The van der Waals surface area contributed by atoms with Crippen molar-refractivity contribution in [2.75, 3.05) is 0 Å². The lowest BCUT2D eigenvalue weighted by Crippen LogP contribution is -1.94. The maximum atomic E-state index is 12.8. The van der Waals surface area contributed by atoms with Gasteiger partial charge in [0.25, 0.3) is 0 Å². The summed E-state index contributed by atoms with van der Waals surface area (Å²) in [6.07, 6.45) is 0. The van der Waals surface area contributed by atoms with E-state index in [4.69, 9.17) is 11.6 Å². The second-order valence-electron chi connectivity index (χ2n) is 2.58. The van der Waals surface area contributed by atoms with E-state index in [1.165, 1.54) is 6.07 Å². The molecule has 13 heavy (non-hydrogen) atoms. The molecule has 1 aromatic carbocycles. The number of rotatable bonds is 2. The summed E-state index contributed by atoms with van der Waals surface area (Å²) in [6, 6.07) is 3.62. The number of nitro groups is 1. The van der Waals surface area contributed by atoms with Crippen LogP contribution in [-0.2, 0) is 0 Å². The zero-order chi connectivity index (χ0) is 10.0. The van der Waals surface area contributed by atoms with Gasteiger partial charge in [-0.2, -0.15) is 4.39 Å². The molecule has 0 heterocycles. The SMILES string of the molecule is CC(Cl)c1ccc(F)c([N+](=O)[O-])c1. The lowest BCUT2D eigenvalue weighted by molar-refractivity contribution is -0.387. The number of nitrogens with zero attached hydrogens (tertiary/aromatic N) is 1. The summed E-state index contributed by atoms with van der Waals surface area (Å²) in [5.41, 5.74) is -0.000216. The van der Waals surface area contributed by atoms with E-state index in [1.54, 1.807) is 6.92 Å². The zero-order valence-corrected chi connectivity index (χ0v) is 7.58. The van der Waals surface area contributed by atoms with Gasteiger partial charge in [-0.15, -0.1) is 11.6 Å². The number of alkyl halides is 1. The third-order valence-corrected chi connectivity index (χ3v) is 1.88. The fourth-order valence-electron chi connectivity index (χ4n) is 0.917. The van der Waals surface area contributed by atoms with Crippen molar-refractivity contribution < 1.29 is 9.31 Å². The second-order valence-corrected chi connectivity index (χ2v) is 3.24. The molecule has 0 bridgehead atoms. The standard InChI is InChI=1S/C8H7ClFNO2/c1-5(9)6-2-3-7(10)8(4-6)11(12)13/h2-5H,1H3. The molecule has 0 amide bonds. The molecule has 0 aliphatic rings. The van der Waals surface area contributed by atoms with Crippen molar-refractivity contribution in [2.24, 2.45) is 0 Å². The molecule has 0 aliphatic heterocycles. The molecule has 0 radical (unpaired) electrons. The topological polar surface area (TPSA) is 43.1 Å².